The van der Waals surface area contributed by atoms with Crippen LogP contribution in [0.2, 0.25) is 0 Å². The van der Waals surface area contributed by atoms with E-state index in [9.17, 15) is 0 Å². The molecule has 1 aliphatic rings. The molecule has 1 N–H and O–H groups in total. The van der Waals surface area contributed by atoms with E-state index in [1.807, 2.05) is 6.92 Å². The van der Waals surface area contributed by atoms with E-state index in [2.05, 4.69) is 28.5 Å². The topological polar surface area (TPSA) is 47.0 Å². The molecular weight excluding hydrogens is 234 g/mol. The Morgan fingerprint density at radius 1 is 1.47 bits per heavy atom. The summed E-state index contributed by atoms with van der Waals surface area (Å²) in [5, 5.41) is 4.23. The summed E-state index contributed by atoms with van der Waals surface area (Å²) in [6.45, 7) is 8.07. The monoisotopic (exact) mass is 255 g/mol. The van der Waals surface area contributed by atoms with Crippen molar-refractivity contribution in [3.05, 3.63) is 5.82 Å². The van der Waals surface area contributed by atoms with Crippen LogP contribution in [0.4, 0.5) is 5.13 Å². The van der Waals surface area contributed by atoms with E-state index in [1.165, 1.54) is 24.4 Å². The first kappa shape index (κ1) is 12.8. The fourth-order valence-electron chi connectivity index (χ4n) is 1.71. The Bertz CT molecular complexity index is 349. The van der Waals surface area contributed by atoms with Gasteiger partial charge in [0.1, 0.15) is 6.10 Å². The molecule has 96 valence electrons. The first-order valence-corrected chi connectivity index (χ1v) is 7.17. The maximum absolute atomic E-state index is 5.74. The summed E-state index contributed by atoms with van der Waals surface area (Å²) in [5.74, 6) is 2.13. The Balaban J connectivity index is 1.95. The predicted molar refractivity (Wildman–Crippen MR) is 70.3 cm³/mol. The summed E-state index contributed by atoms with van der Waals surface area (Å²) in [7, 11) is 0. The number of hydrogen-bond donors (Lipinski definition) is 1. The van der Waals surface area contributed by atoms with Crippen LogP contribution in [0.25, 0.3) is 0 Å². The van der Waals surface area contributed by atoms with Crippen LogP contribution in [0, 0.1) is 11.8 Å². The van der Waals surface area contributed by atoms with Crippen LogP contribution < -0.4 is 5.32 Å². The standard InChI is InChI=1S/C12H21N3OS/c1-4-16-10(9-5-6-9)11-14-12(17-15-11)13-7-8(2)3/h8-10H,4-7H2,1-3H3,(H,13,14,15). The SMILES string of the molecule is CCOC(c1nsc(NCC(C)C)n1)C1CC1. The van der Waals surface area contributed by atoms with Crippen molar-refractivity contribution in [1.82, 2.24) is 9.36 Å². The van der Waals surface area contributed by atoms with Crippen molar-refractivity contribution in [3.8, 4) is 0 Å². The molecule has 5 heteroatoms. The quantitative estimate of drug-likeness (QED) is 0.813. The number of nitrogens with one attached hydrogen (secondary N) is 1. The molecule has 1 saturated carbocycles. The molecule has 1 aromatic heterocycles. The minimum absolute atomic E-state index is 0.117. The summed E-state index contributed by atoms with van der Waals surface area (Å²) < 4.78 is 10.2. The molecule has 1 unspecified atom stereocenters. The summed E-state index contributed by atoms with van der Waals surface area (Å²) >= 11 is 1.44. The highest BCUT2D eigenvalue weighted by Crippen LogP contribution is 2.42. The third-order valence-electron chi connectivity index (χ3n) is 2.75. The smallest absolute Gasteiger partial charge is 0.202 e. The lowest BCUT2D eigenvalue weighted by Crippen LogP contribution is -2.10. The van der Waals surface area contributed by atoms with Gasteiger partial charge in [0.2, 0.25) is 5.13 Å². The van der Waals surface area contributed by atoms with Gasteiger partial charge in [0, 0.05) is 24.7 Å². The zero-order valence-corrected chi connectivity index (χ0v) is 11.6. The lowest BCUT2D eigenvalue weighted by molar-refractivity contribution is 0.0409. The van der Waals surface area contributed by atoms with E-state index >= 15 is 0 Å². The Labute approximate surface area is 107 Å². The van der Waals surface area contributed by atoms with Crippen LogP contribution in [0.5, 0.6) is 0 Å². The maximum atomic E-state index is 5.74. The Hall–Kier alpha value is -0.680. The van der Waals surface area contributed by atoms with Gasteiger partial charge >= 0.3 is 0 Å². The van der Waals surface area contributed by atoms with Gasteiger partial charge in [-0.25, -0.2) is 4.98 Å². The first-order valence-electron chi connectivity index (χ1n) is 6.39. The van der Waals surface area contributed by atoms with Gasteiger partial charge in [0.15, 0.2) is 5.82 Å². The van der Waals surface area contributed by atoms with E-state index in [1.54, 1.807) is 0 Å². The van der Waals surface area contributed by atoms with Crippen LogP contribution in [0.15, 0.2) is 0 Å². The predicted octanol–water partition coefficient (Wildman–Crippen LogP) is 3.09. The molecule has 0 radical (unpaired) electrons. The van der Waals surface area contributed by atoms with Crippen molar-refractivity contribution in [2.75, 3.05) is 18.5 Å². The van der Waals surface area contributed by atoms with Crippen molar-refractivity contribution >= 4 is 16.7 Å². The molecule has 1 heterocycles. The molecule has 0 aromatic carbocycles. The van der Waals surface area contributed by atoms with E-state index in [4.69, 9.17) is 4.74 Å². The number of hydrogen-bond acceptors (Lipinski definition) is 5. The summed E-state index contributed by atoms with van der Waals surface area (Å²) in [6, 6.07) is 0. The molecule has 0 aliphatic heterocycles. The van der Waals surface area contributed by atoms with Crippen molar-refractivity contribution in [2.24, 2.45) is 11.8 Å². The van der Waals surface area contributed by atoms with Gasteiger partial charge in [-0.1, -0.05) is 13.8 Å². The summed E-state index contributed by atoms with van der Waals surface area (Å²) in [4.78, 5) is 4.53. The minimum Gasteiger partial charge on any atom is -0.370 e. The minimum atomic E-state index is 0.117. The van der Waals surface area contributed by atoms with Gasteiger partial charge in [0.25, 0.3) is 0 Å². The number of anilines is 1. The van der Waals surface area contributed by atoms with E-state index in [-0.39, 0.29) is 6.10 Å². The Morgan fingerprint density at radius 2 is 2.24 bits per heavy atom. The van der Waals surface area contributed by atoms with Crippen molar-refractivity contribution in [1.29, 1.82) is 0 Å². The molecule has 0 spiro atoms. The van der Waals surface area contributed by atoms with E-state index < -0.39 is 0 Å². The van der Waals surface area contributed by atoms with Gasteiger partial charge in [-0.2, -0.15) is 4.37 Å². The normalized spacial score (nSPS) is 17.4. The Morgan fingerprint density at radius 3 is 2.82 bits per heavy atom. The number of ether oxygens (including phenoxy) is 1. The fourth-order valence-corrected chi connectivity index (χ4v) is 2.32. The number of rotatable bonds is 7. The van der Waals surface area contributed by atoms with E-state index in [0.717, 1.165) is 24.1 Å². The Kier molecular flexibility index (Phi) is 4.34. The van der Waals surface area contributed by atoms with Crippen LogP contribution in [0.1, 0.15) is 45.5 Å². The molecule has 17 heavy (non-hydrogen) atoms. The van der Waals surface area contributed by atoms with Gasteiger partial charge in [-0.15, -0.1) is 0 Å². The van der Waals surface area contributed by atoms with Crippen LogP contribution >= 0.6 is 11.5 Å². The fraction of sp³-hybridized carbons (Fsp3) is 0.833. The molecule has 1 fully saturated rings. The highest BCUT2D eigenvalue weighted by Gasteiger charge is 2.35. The summed E-state index contributed by atoms with van der Waals surface area (Å²) in [5.41, 5.74) is 0. The molecular formula is C12H21N3OS. The highest BCUT2D eigenvalue weighted by molar-refractivity contribution is 7.09. The molecule has 0 saturated heterocycles. The molecule has 1 aliphatic carbocycles. The molecule has 0 amide bonds. The first-order chi connectivity index (χ1) is 8.20. The maximum Gasteiger partial charge on any atom is 0.202 e. The summed E-state index contributed by atoms with van der Waals surface area (Å²) in [6.07, 6.45) is 2.61. The second kappa shape index (κ2) is 5.78. The zero-order valence-electron chi connectivity index (χ0n) is 10.8. The van der Waals surface area contributed by atoms with Crippen molar-refractivity contribution < 1.29 is 4.74 Å². The molecule has 4 nitrogen and oxygen atoms in total. The van der Waals surface area contributed by atoms with Crippen LogP contribution in [-0.4, -0.2) is 22.5 Å². The zero-order chi connectivity index (χ0) is 12.3. The molecule has 2 rings (SSSR count). The van der Waals surface area contributed by atoms with Crippen molar-refractivity contribution in [2.45, 2.75) is 39.7 Å². The van der Waals surface area contributed by atoms with E-state index in [0.29, 0.717) is 11.8 Å². The third kappa shape index (κ3) is 3.64. The third-order valence-corrected chi connectivity index (χ3v) is 3.44. The van der Waals surface area contributed by atoms with Gasteiger partial charge in [0.05, 0.1) is 0 Å². The lowest BCUT2D eigenvalue weighted by atomic mass is 10.2. The largest absolute Gasteiger partial charge is 0.370 e. The van der Waals surface area contributed by atoms with Crippen LogP contribution in [-0.2, 0) is 4.74 Å². The molecule has 1 atom stereocenters. The second-order valence-electron chi connectivity index (χ2n) is 4.95. The van der Waals surface area contributed by atoms with Gasteiger partial charge < -0.3 is 10.1 Å². The van der Waals surface area contributed by atoms with Gasteiger partial charge in [-0.3, -0.25) is 0 Å². The molecule has 0 bridgehead atoms. The average Bonchev–Trinajstić information content (AvgIpc) is 3.02. The second-order valence-corrected chi connectivity index (χ2v) is 5.70. The lowest BCUT2D eigenvalue weighted by Gasteiger charge is -2.12. The molecule has 1 aromatic rings. The van der Waals surface area contributed by atoms with Crippen molar-refractivity contribution in [3.63, 3.8) is 0 Å². The van der Waals surface area contributed by atoms with Gasteiger partial charge in [-0.05, 0) is 31.6 Å². The highest BCUT2D eigenvalue weighted by atomic mass is 32.1. The van der Waals surface area contributed by atoms with Crippen LogP contribution in [0.3, 0.4) is 0 Å². The average molecular weight is 255 g/mol. The number of nitrogens with zero attached hydrogens (tertiary/aromatic N) is 2. The number of aromatic nitrogens is 2.